The van der Waals surface area contributed by atoms with Crippen molar-refractivity contribution in [1.29, 1.82) is 0 Å². The summed E-state index contributed by atoms with van der Waals surface area (Å²) in [5.74, 6) is -1.63. The van der Waals surface area contributed by atoms with Crippen molar-refractivity contribution in [3.63, 3.8) is 0 Å². The lowest BCUT2D eigenvalue weighted by Crippen LogP contribution is -2.51. The van der Waals surface area contributed by atoms with Gasteiger partial charge in [0.25, 0.3) is 0 Å². The van der Waals surface area contributed by atoms with E-state index in [0.29, 0.717) is 30.8 Å². The van der Waals surface area contributed by atoms with Gasteiger partial charge in [-0.05, 0) is 43.0 Å². The molecule has 0 bridgehead atoms. The Bertz CT molecular complexity index is 1140. The van der Waals surface area contributed by atoms with Gasteiger partial charge in [-0.25, -0.2) is 0 Å². The lowest BCUT2D eigenvalue weighted by molar-refractivity contribution is -0.144. The van der Waals surface area contributed by atoms with Crippen molar-refractivity contribution < 1.29 is 19.2 Å². The fourth-order valence-corrected chi connectivity index (χ4v) is 5.20. The number of carbonyl (C=O) groups is 4. The molecule has 0 unspecified atom stereocenters. The molecule has 4 rings (SSSR count). The summed E-state index contributed by atoms with van der Waals surface area (Å²) in [5.41, 5.74) is 1.75. The highest BCUT2D eigenvalue weighted by atomic mass is 35.5. The minimum atomic E-state index is -0.762. The molecular weight excluding hydrogens is 490 g/mol. The lowest BCUT2D eigenvalue weighted by atomic mass is 9.85. The highest BCUT2D eigenvalue weighted by Crippen LogP contribution is 2.35. The van der Waals surface area contributed by atoms with E-state index in [1.807, 2.05) is 61.5 Å². The summed E-state index contributed by atoms with van der Waals surface area (Å²) in [7, 11) is 0. The number of fused-ring (bicyclic) bond motifs is 1. The van der Waals surface area contributed by atoms with E-state index >= 15 is 0 Å². The van der Waals surface area contributed by atoms with Crippen molar-refractivity contribution in [3.8, 4) is 0 Å². The van der Waals surface area contributed by atoms with Crippen molar-refractivity contribution in [2.75, 3.05) is 13.1 Å². The molecule has 37 heavy (non-hydrogen) atoms. The first kappa shape index (κ1) is 26.6. The van der Waals surface area contributed by atoms with Crippen LogP contribution in [0.25, 0.3) is 0 Å². The Hall–Kier alpha value is -3.45. The van der Waals surface area contributed by atoms with Crippen molar-refractivity contribution in [3.05, 3.63) is 82.9 Å². The van der Waals surface area contributed by atoms with Crippen LogP contribution in [0.1, 0.15) is 37.3 Å². The molecule has 0 spiro atoms. The monoisotopic (exact) mass is 521 g/mol. The number of nitrogens with one attached hydrogen (secondary N) is 1. The van der Waals surface area contributed by atoms with Crippen LogP contribution in [0.15, 0.2) is 66.7 Å². The predicted molar refractivity (Wildman–Crippen MR) is 141 cm³/mol. The Labute approximate surface area is 222 Å². The number of rotatable bonds is 10. The van der Waals surface area contributed by atoms with Crippen LogP contribution in [0.2, 0.25) is 5.02 Å². The first-order chi connectivity index (χ1) is 17.9. The van der Waals surface area contributed by atoms with E-state index in [1.54, 1.807) is 17.0 Å². The summed E-state index contributed by atoms with van der Waals surface area (Å²) in [6, 6.07) is 15.9. The third-order valence-corrected chi connectivity index (χ3v) is 7.29. The van der Waals surface area contributed by atoms with Gasteiger partial charge in [0, 0.05) is 37.5 Å². The van der Waals surface area contributed by atoms with Crippen LogP contribution in [-0.2, 0) is 32.1 Å². The molecule has 7 nitrogen and oxygen atoms in total. The Morgan fingerprint density at radius 3 is 2.19 bits per heavy atom. The number of likely N-dealkylation sites (tertiary alicyclic amines) is 1. The van der Waals surface area contributed by atoms with Crippen LogP contribution in [0, 0.1) is 11.8 Å². The van der Waals surface area contributed by atoms with Gasteiger partial charge < -0.3 is 10.2 Å². The zero-order valence-electron chi connectivity index (χ0n) is 20.9. The first-order valence-electron chi connectivity index (χ1n) is 12.7. The van der Waals surface area contributed by atoms with Gasteiger partial charge in [0.15, 0.2) is 0 Å². The minimum absolute atomic E-state index is 0.00801. The molecule has 2 aromatic rings. The van der Waals surface area contributed by atoms with Gasteiger partial charge in [-0.15, -0.1) is 0 Å². The van der Waals surface area contributed by atoms with Gasteiger partial charge >= 0.3 is 0 Å². The van der Waals surface area contributed by atoms with E-state index in [-0.39, 0.29) is 55.0 Å². The molecule has 2 aliphatic rings. The van der Waals surface area contributed by atoms with Crippen LogP contribution < -0.4 is 5.32 Å². The van der Waals surface area contributed by atoms with Crippen LogP contribution >= 0.6 is 11.6 Å². The standard InChI is InChI=1S/C29H32ClN3O4/c1-2-31-27(35)25(18-20-8-4-3-5-9-20)33(19-21-12-14-22(30)15-13-21)26(34)16-17-32-28(36)23-10-6-7-11-24(23)29(32)37/h3-9,12-15,23-25H,2,10-11,16-19H2,1H3,(H,31,35)/t23-,24+,25-/m0/s1. The topological polar surface area (TPSA) is 86.8 Å². The highest BCUT2D eigenvalue weighted by Gasteiger charge is 2.47. The van der Waals surface area contributed by atoms with Gasteiger partial charge in [0.2, 0.25) is 23.6 Å². The SMILES string of the molecule is CCNC(=O)[C@H](Cc1ccccc1)N(Cc1ccc(Cl)cc1)C(=O)CCN1C(=O)[C@H]2CC=CC[C@H]2C1=O. The number of carbonyl (C=O) groups excluding carboxylic acids is 4. The van der Waals surface area contributed by atoms with Crippen molar-refractivity contribution >= 4 is 35.2 Å². The first-order valence-corrected chi connectivity index (χ1v) is 13.1. The fraction of sp³-hybridized carbons (Fsp3) is 0.379. The molecule has 1 heterocycles. The second-order valence-corrected chi connectivity index (χ2v) is 9.92. The largest absolute Gasteiger partial charge is 0.355 e. The number of amides is 4. The van der Waals surface area contributed by atoms with E-state index in [4.69, 9.17) is 11.6 Å². The zero-order chi connectivity index (χ0) is 26.4. The molecule has 1 fully saturated rings. The third kappa shape index (κ3) is 6.28. The summed E-state index contributed by atoms with van der Waals surface area (Å²) in [6.45, 7) is 2.47. The highest BCUT2D eigenvalue weighted by molar-refractivity contribution is 6.30. The number of halogens is 1. The van der Waals surface area contributed by atoms with Crippen molar-refractivity contribution in [1.82, 2.24) is 15.1 Å². The summed E-state index contributed by atoms with van der Waals surface area (Å²) in [5, 5.41) is 3.44. The van der Waals surface area contributed by atoms with Crippen molar-refractivity contribution in [2.45, 2.75) is 45.2 Å². The summed E-state index contributed by atoms with van der Waals surface area (Å²) < 4.78 is 0. The summed E-state index contributed by atoms with van der Waals surface area (Å²) in [6.07, 6.45) is 5.27. The third-order valence-electron chi connectivity index (χ3n) is 7.04. The molecule has 8 heteroatoms. The molecule has 0 saturated carbocycles. The average Bonchev–Trinajstić information content (AvgIpc) is 3.15. The number of hydrogen-bond acceptors (Lipinski definition) is 4. The van der Waals surface area contributed by atoms with E-state index < -0.39 is 6.04 Å². The maximum atomic E-state index is 13.7. The van der Waals surface area contributed by atoms with Gasteiger partial charge in [0.05, 0.1) is 11.8 Å². The Morgan fingerprint density at radius 2 is 1.59 bits per heavy atom. The zero-order valence-corrected chi connectivity index (χ0v) is 21.7. The predicted octanol–water partition coefficient (Wildman–Crippen LogP) is 3.76. The second-order valence-electron chi connectivity index (χ2n) is 9.48. The Kier molecular flexibility index (Phi) is 8.77. The summed E-state index contributed by atoms with van der Waals surface area (Å²) >= 11 is 6.06. The normalized spacial score (nSPS) is 19.5. The lowest BCUT2D eigenvalue weighted by Gasteiger charge is -2.32. The van der Waals surface area contributed by atoms with Crippen LogP contribution in [0.4, 0.5) is 0 Å². The Morgan fingerprint density at radius 1 is 0.973 bits per heavy atom. The molecule has 1 N–H and O–H groups in total. The average molecular weight is 522 g/mol. The van der Waals surface area contributed by atoms with Gasteiger partial charge in [-0.2, -0.15) is 0 Å². The minimum Gasteiger partial charge on any atom is -0.355 e. The van der Waals surface area contributed by atoms with E-state index in [1.165, 1.54) is 4.90 Å². The molecule has 0 radical (unpaired) electrons. The number of allylic oxidation sites excluding steroid dienone is 2. The van der Waals surface area contributed by atoms with Gasteiger partial charge in [0.1, 0.15) is 6.04 Å². The maximum absolute atomic E-state index is 13.7. The fourth-order valence-electron chi connectivity index (χ4n) is 5.07. The molecule has 1 aliphatic heterocycles. The molecule has 4 amide bonds. The number of benzene rings is 2. The number of nitrogens with zero attached hydrogens (tertiary/aromatic N) is 2. The molecule has 1 aliphatic carbocycles. The van der Waals surface area contributed by atoms with Gasteiger partial charge in [-0.1, -0.05) is 66.2 Å². The second kappa shape index (κ2) is 12.2. The number of imide groups is 1. The molecular formula is C29H32ClN3O4. The molecule has 1 saturated heterocycles. The molecule has 2 aromatic carbocycles. The van der Waals surface area contributed by atoms with E-state index in [9.17, 15) is 19.2 Å². The van der Waals surface area contributed by atoms with Crippen LogP contribution in [0.5, 0.6) is 0 Å². The molecule has 0 aromatic heterocycles. The Balaban J connectivity index is 1.56. The van der Waals surface area contributed by atoms with Crippen LogP contribution in [0.3, 0.4) is 0 Å². The quantitative estimate of drug-likeness (QED) is 0.381. The number of hydrogen-bond donors (Lipinski definition) is 1. The van der Waals surface area contributed by atoms with Crippen LogP contribution in [-0.4, -0.2) is 52.6 Å². The maximum Gasteiger partial charge on any atom is 0.243 e. The molecule has 3 atom stereocenters. The van der Waals surface area contributed by atoms with E-state index in [0.717, 1.165) is 11.1 Å². The van der Waals surface area contributed by atoms with Gasteiger partial charge in [-0.3, -0.25) is 24.1 Å². The van der Waals surface area contributed by atoms with Crippen molar-refractivity contribution in [2.24, 2.45) is 11.8 Å². The molecule has 194 valence electrons. The summed E-state index contributed by atoms with van der Waals surface area (Å²) in [4.78, 5) is 55.5. The number of likely N-dealkylation sites (N-methyl/N-ethyl adjacent to an activating group) is 1. The smallest absolute Gasteiger partial charge is 0.243 e. The van der Waals surface area contributed by atoms with E-state index in [2.05, 4.69) is 5.32 Å².